The van der Waals surface area contributed by atoms with Gasteiger partial charge in [0.2, 0.25) is 0 Å². The summed E-state index contributed by atoms with van der Waals surface area (Å²) in [7, 11) is 0. The molecular formula is C63H36N4OS2. The van der Waals surface area contributed by atoms with E-state index in [-0.39, 0.29) is 0 Å². The Hall–Kier alpha value is -8.75. The molecule has 0 fully saturated rings. The number of para-hydroxylation sites is 2. The first kappa shape index (κ1) is 39.3. The largest absolute Gasteiger partial charge is 0.456 e. The lowest BCUT2D eigenvalue weighted by Crippen LogP contribution is -2.01. The first-order valence-corrected chi connectivity index (χ1v) is 25.0. The number of nitrogens with zero attached hydrogens (tertiary/aromatic N) is 4. The first-order valence-electron chi connectivity index (χ1n) is 23.4. The Bertz CT molecular complexity index is 4560. The van der Waals surface area contributed by atoms with Crippen LogP contribution >= 0.6 is 22.7 Å². The molecule has 326 valence electrons. The van der Waals surface area contributed by atoms with Crippen molar-refractivity contribution in [1.82, 2.24) is 19.5 Å². The average Bonchev–Trinajstić information content (AvgIpc) is 4.19. The van der Waals surface area contributed by atoms with Gasteiger partial charge >= 0.3 is 0 Å². The molecular weight excluding hydrogens is 893 g/mol. The third kappa shape index (κ3) is 6.05. The normalized spacial score (nSPS) is 12.0. The van der Waals surface area contributed by atoms with Gasteiger partial charge in [-0.3, -0.25) is 0 Å². The average molecular weight is 929 g/mol. The van der Waals surface area contributed by atoms with Crippen molar-refractivity contribution >= 4 is 107 Å². The van der Waals surface area contributed by atoms with Gasteiger partial charge in [0.1, 0.15) is 11.2 Å². The minimum Gasteiger partial charge on any atom is -0.456 e. The fourth-order valence-corrected chi connectivity index (χ4v) is 13.0. The lowest BCUT2D eigenvalue weighted by molar-refractivity contribution is 0.669. The van der Waals surface area contributed by atoms with E-state index >= 15 is 0 Å². The molecule has 7 heteroatoms. The molecule has 0 bridgehead atoms. The second-order valence-corrected chi connectivity index (χ2v) is 20.0. The summed E-state index contributed by atoms with van der Waals surface area (Å²) < 4.78 is 14.2. The van der Waals surface area contributed by atoms with E-state index in [9.17, 15) is 0 Å². The van der Waals surface area contributed by atoms with Crippen molar-refractivity contribution in [3.63, 3.8) is 0 Å². The van der Waals surface area contributed by atoms with Crippen molar-refractivity contribution < 1.29 is 4.42 Å². The van der Waals surface area contributed by atoms with Crippen LogP contribution in [0.2, 0.25) is 0 Å². The maximum Gasteiger partial charge on any atom is 0.164 e. The topological polar surface area (TPSA) is 56.7 Å². The van der Waals surface area contributed by atoms with Crippen molar-refractivity contribution in [3.05, 3.63) is 218 Å². The monoisotopic (exact) mass is 928 g/mol. The van der Waals surface area contributed by atoms with E-state index in [0.29, 0.717) is 17.5 Å². The van der Waals surface area contributed by atoms with E-state index in [4.69, 9.17) is 19.4 Å². The maximum atomic E-state index is 6.73. The maximum absolute atomic E-state index is 6.73. The fraction of sp³-hybridized carbons (Fsp3) is 0. The number of benzene rings is 10. The molecule has 0 saturated carbocycles. The quantitative estimate of drug-likeness (QED) is 0.167. The van der Waals surface area contributed by atoms with E-state index in [2.05, 4.69) is 193 Å². The van der Waals surface area contributed by atoms with Crippen LogP contribution in [-0.4, -0.2) is 19.5 Å². The van der Waals surface area contributed by atoms with Crippen molar-refractivity contribution in [2.24, 2.45) is 0 Å². The van der Waals surface area contributed by atoms with Crippen LogP contribution in [-0.2, 0) is 0 Å². The van der Waals surface area contributed by atoms with Gasteiger partial charge in [0.05, 0.1) is 11.0 Å². The zero-order valence-electron chi connectivity index (χ0n) is 37.3. The minimum atomic E-state index is 0.577. The van der Waals surface area contributed by atoms with Gasteiger partial charge < -0.3 is 8.98 Å². The van der Waals surface area contributed by atoms with Crippen LogP contribution in [0, 0.1) is 0 Å². The highest BCUT2D eigenvalue weighted by molar-refractivity contribution is 7.26. The van der Waals surface area contributed by atoms with E-state index in [1.165, 1.54) is 67.8 Å². The summed E-state index contributed by atoms with van der Waals surface area (Å²) in [6, 6.07) is 77.9. The second kappa shape index (κ2) is 15.4. The molecule has 10 aromatic carbocycles. The molecule has 0 aliphatic heterocycles. The Morgan fingerprint density at radius 3 is 1.77 bits per heavy atom. The molecule has 0 saturated heterocycles. The molecule has 15 aromatic rings. The Morgan fingerprint density at radius 2 is 0.957 bits per heavy atom. The van der Waals surface area contributed by atoms with Gasteiger partial charge in [-0.05, 0) is 89.0 Å². The van der Waals surface area contributed by atoms with E-state index < -0.39 is 0 Å². The number of thiophene rings is 2. The first-order chi connectivity index (χ1) is 34.7. The molecule has 0 amide bonds. The van der Waals surface area contributed by atoms with Crippen molar-refractivity contribution in [2.75, 3.05) is 0 Å². The predicted octanol–water partition coefficient (Wildman–Crippen LogP) is 17.9. The van der Waals surface area contributed by atoms with Crippen LogP contribution in [0.15, 0.2) is 223 Å². The van der Waals surface area contributed by atoms with Crippen molar-refractivity contribution in [2.45, 2.75) is 0 Å². The molecule has 15 rings (SSSR count). The Labute approximate surface area is 408 Å². The van der Waals surface area contributed by atoms with Gasteiger partial charge in [-0.1, -0.05) is 152 Å². The molecule has 0 N–H and O–H groups in total. The number of aromatic nitrogens is 4. The molecule has 0 spiro atoms. The van der Waals surface area contributed by atoms with Crippen LogP contribution in [0.4, 0.5) is 0 Å². The van der Waals surface area contributed by atoms with E-state index in [1.807, 2.05) is 53.0 Å². The number of fused-ring (bicyclic) bond motifs is 12. The Morgan fingerprint density at radius 1 is 0.329 bits per heavy atom. The summed E-state index contributed by atoms with van der Waals surface area (Å²) in [6.07, 6.45) is 0. The zero-order chi connectivity index (χ0) is 45.9. The molecule has 70 heavy (non-hydrogen) atoms. The highest BCUT2D eigenvalue weighted by Crippen LogP contribution is 2.48. The van der Waals surface area contributed by atoms with Crippen LogP contribution in [0.25, 0.3) is 146 Å². The lowest BCUT2D eigenvalue weighted by Gasteiger charge is -2.14. The van der Waals surface area contributed by atoms with Gasteiger partial charge in [0.15, 0.2) is 17.5 Å². The molecule has 0 aliphatic rings. The smallest absolute Gasteiger partial charge is 0.164 e. The highest BCUT2D eigenvalue weighted by Gasteiger charge is 2.22. The Balaban J connectivity index is 0.939. The minimum absolute atomic E-state index is 0.577. The van der Waals surface area contributed by atoms with Crippen molar-refractivity contribution in [3.8, 4) is 62.1 Å². The standard InChI is InChI=1S/C63H36N4OS2/c1-2-14-37(15-3-1)61-64-62(40-16-12-17-41(34-40)67-50-23-8-4-18-43(50)44-19-5-9-24-51(44)67)66-63(65-61)48-22-13-25-53-59(48)49-35-39(29-32-52(49)68-53)58-42(31-33-56-60(58)47-21-7-11-27-55(47)69-56)38-28-30-46-45-20-6-10-26-54(45)70-57(46)36-38/h1-36H. The summed E-state index contributed by atoms with van der Waals surface area (Å²) >= 11 is 3.70. The predicted molar refractivity (Wildman–Crippen MR) is 294 cm³/mol. The molecule has 5 aromatic heterocycles. The SMILES string of the molecule is c1ccc(-c2nc(-c3cccc(-n4c5ccccc5c5ccccc54)c3)nc(-c3cccc4oc5ccc(-c6c(-c7ccc8c(c7)sc7ccccc78)ccc7sc8ccccc8c67)cc5c34)n2)cc1. The number of furan rings is 1. The van der Waals surface area contributed by atoms with Crippen LogP contribution < -0.4 is 0 Å². The third-order valence-corrected chi connectivity index (χ3v) is 16.1. The Kier molecular flexibility index (Phi) is 8.63. The van der Waals surface area contributed by atoms with Crippen LogP contribution in [0.3, 0.4) is 0 Å². The fourth-order valence-electron chi connectivity index (χ4n) is 10.7. The molecule has 0 aliphatic carbocycles. The molecule has 0 atom stereocenters. The van der Waals surface area contributed by atoms with Gasteiger partial charge in [-0.15, -0.1) is 22.7 Å². The summed E-state index contributed by atoms with van der Waals surface area (Å²) in [6.45, 7) is 0. The molecule has 5 nitrogen and oxygen atoms in total. The van der Waals surface area contributed by atoms with Crippen molar-refractivity contribution in [1.29, 1.82) is 0 Å². The molecule has 5 heterocycles. The highest BCUT2D eigenvalue weighted by atomic mass is 32.1. The molecule has 0 radical (unpaired) electrons. The summed E-state index contributed by atoms with van der Waals surface area (Å²) in [4.78, 5) is 15.8. The summed E-state index contributed by atoms with van der Waals surface area (Å²) in [5.74, 6) is 1.77. The third-order valence-electron chi connectivity index (χ3n) is 13.9. The van der Waals surface area contributed by atoms with Crippen LogP contribution in [0.5, 0.6) is 0 Å². The summed E-state index contributed by atoms with van der Waals surface area (Å²) in [5, 5.41) is 9.51. The van der Waals surface area contributed by atoms with E-state index in [1.54, 1.807) is 0 Å². The zero-order valence-corrected chi connectivity index (χ0v) is 38.9. The number of rotatable bonds is 6. The molecule has 0 unspecified atom stereocenters. The van der Waals surface area contributed by atoms with Crippen LogP contribution in [0.1, 0.15) is 0 Å². The van der Waals surface area contributed by atoms with Gasteiger partial charge in [0.25, 0.3) is 0 Å². The summed E-state index contributed by atoms with van der Waals surface area (Å²) in [5.41, 5.74) is 12.3. The van der Waals surface area contributed by atoms with Gasteiger partial charge in [0, 0.05) is 84.3 Å². The second-order valence-electron chi connectivity index (χ2n) is 17.9. The van der Waals surface area contributed by atoms with Gasteiger partial charge in [-0.2, -0.15) is 0 Å². The van der Waals surface area contributed by atoms with Gasteiger partial charge in [-0.25, -0.2) is 15.0 Å². The number of hydrogen-bond donors (Lipinski definition) is 0. The lowest BCUT2D eigenvalue weighted by atomic mass is 9.89. The number of hydrogen-bond acceptors (Lipinski definition) is 6. The van der Waals surface area contributed by atoms with E-state index in [0.717, 1.165) is 60.9 Å².